The number of methoxy groups -OCH3 is 1. The lowest BCUT2D eigenvalue weighted by atomic mass is 9.66. The topological polar surface area (TPSA) is 80.3 Å². The summed E-state index contributed by atoms with van der Waals surface area (Å²) in [5.74, 6) is 1.83. The van der Waals surface area contributed by atoms with Crippen molar-refractivity contribution in [3.05, 3.63) is 87.9 Å². The van der Waals surface area contributed by atoms with E-state index in [0.717, 1.165) is 41.0 Å². The number of carbonyl (C=O) groups is 1. The molecule has 0 radical (unpaired) electrons. The van der Waals surface area contributed by atoms with E-state index in [1.807, 2.05) is 86.3 Å². The first-order valence-electron chi connectivity index (χ1n) is 14.7. The maximum absolute atomic E-state index is 13.9. The molecular weight excluding hydrogens is 552 g/mol. The Kier molecular flexibility index (Phi) is 7.96. The molecule has 42 heavy (non-hydrogen) atoms. The summed E-state index contributed by atoms with van der Waals surface area (Å²) in [6.45, 7) is 8.87. The summed E-state index contributed by atoms with van der Waals surface area (Å²) in [6, 6.07) is 19.0. The molecule has 3 unspecified atom stereocenters. The van der Waals surface area contributed by atoms with Crippen molar-refractivity contribution in [2.24, 2.45) is 17.8 Å². The highest BCUT2D eigenvalue weighted by Crippen LogP contribution is 2.46. The van der Waals surface area contributed by atoms with Crippen LogP contribution in [0.4, 0.5) is 5.69 Å². The minimum Gasteiger partial charge on any atom is -0.493 e. The third-order valence-corrected chi connectivity index (χ3v) is 9.26. The molecule has 1 amide bonds. The first-order chi connectivity index (χ1) is 20.2. The number of rotatable bonds is 7. The predicted octanol–water partition coefficient (Wildman–Crippen LogP) is 5.50. The van der Waals surface area contributed by atoms with E-state index >= 15 is 0 Å². The summed E-state index contributed by atoms with van der Waals surface area (Å²) in [6.07, 6.45) is 0.189. The van der Waals surface area contributed by atoms with E-state index in [0.29, 0.717) is 29.7 Å². The van der Waals surface area contributed by atoms with Gasteiger partial charge in [-0.15, -0.1) is 0 Å². The van der Waals surface area contributed by atoms with Gasteiger partial charge in [-0.1, -0.05) is 35.9 Å². The van der Waals surface area contributed by atoms with Gasteiger partial charge < -0.3 is 29.5 Å². The predicted molar refractivity (Wildman–Crippen MR) is 163 cm³/mol. The van der Waals surface area contributed by atoms with Gasteiger partial charge in [-0.3, -0.25) is 4.79 Å². The maximum Gasteiger partial charge on any atom is 0.232 e. The number of nitrogens with one attached hydrogen (secondary N) is 1. The van der Waals surface area contributed by atoms with Crippen LogP contribution in [0, 0.1) is 17.8 Å². The lowest BCUT2D eigenvalue weighted by Crippen LogP contribution is -2.57. The molecule has 6 rings (SSSR count). The Balaban J connectivity index is 1.40. The van der Waals surface area contributed by atoms with E-state index in [2.05, 4.69) is 5.32 Å². The number of benzene rings is 3. The third-order valence-electron chi connectivity index (χ3n) is 9.01. The fourth-order valence-corrected chi connectivity index (χ4v) is 7.31. The second kappa shape index (κ2) is 11.5. The Labute approximate surface area is 252 Å². The molecule has 2 N–H and O–H groups in total. The smallest absolute Gasteiger partial charge is 0.232 e. The molecule has 4 atom stereocenters. The van der Waals surface area contributed by atoms with E-state index in [1.165, 1.54) is 0 Å². The normalized spacial score (nSPS) is 25.1. The average Bonchev–Trinajstić information content (AvgIpc) is 2.96. The summed E-state index contributed by atoms with van der Waals surface area (Å²) in [4.78, 5) is 15.7. The number of carbonyl (C=O) groups excluding carboxylic acids is 1. The molecule has 3 aliphatic heterocycles. The number of halogens is 1. The molecule has 3 aromatic rings. The monoisotopic (exact) mass is 590 g/mol. The quantitative estimate of drug-likeness (QED) is 0.378. The molecule has 222 valence electrons. The van der Waals surface area contributed by atoms with Gasteiger partial charge in [-0.25, -0.2) is 0 Å². The van der Waals surface area contributed by atoms with Crippen LogP contribution in [0.2, 0.25) is 5.02 Å². The molecular formula is C34H39ClN2O5. The van der Waals surface area contributed by atoms with Crippen molar-refractivity contribution in [2.45, 2.75) is 44.9 Å². The standard InChI is InChI=1S/C34H39ClN2O5/c1-20(2)42-30-15-28-22(13-29(30)40-4)14-31(38)37(33(28)21-5-9-26(35)10-6-21)27-11-7-25(8-12-27)34(3,39)32-23-16-36-17-24(32)19-41-18-23/h5-13,15,20,23-24,32-33,36,39H,14,16-19H2,1-4H3/t23?,24?,32?,33-,34?/m0/s1. The van der Waals surface area contributed by atoms with Gasteiger partial charge >= 0.3 is 0 Å². The average molecular weight is 591 g/mol. The Morgan fingerprint density at radius 3 is 2.31 bits per heavy atom. The number of anilines is 1. The number of hydrogen-bond acceptors (Lipinski definition) is 6. The highest BCUT2D eigenvalue weighted by atomic mass is 35.5. The van der Waals surface area contributed by atoms with Crippen LogP contribution in [0.25, 0.3) is 0 Å². The van der Waals surface area contributed by atoms with Crippen LogP contribution in [-0.4, -0.2) is 50.5 Å². The van der Waals surface area contributed by atoms with Gasteiger partial charge in [0.15, 0.2) is 11.5 Å². The zero-order valence-corrected chi connectivity index (χ0v) is 25.4. The van der Waals surface area contributed by atoms with E-state index in [9.17, 15) is 9.90 Å². The van der Waals surface area contributed by atoms with Crippen LogP contribution in [0.5, 0.6) is 11.5 Å². The molecule has 0 saturated carbocycles. The first kappa shape index (κ1) is 29.0. The Morgan fingerprint density at radius 1 is 1.02 bits per heavy atom. The molecule has 0 aliphatic carbocycles. The van der Waals surface area contributed by atoms with Crippen LogP contribution in [0.3, 0.4) is 0 Å². The molecule has 3 aliphatic rings. The van der Waals surface area contributed by atoms with Gasteiger partial charge in [0.05, 0.1) is 44.5 Å². The van der Waals surface area contributed by atoms with E-state index in [4.69, 9.17) is 25.8 Å². The lowest BCUT2D eigenvalue weighted by molar-refractivity contribution is -0.137. The molecule has 0 spiro atoms. The first-order valence-corrected chi connectivity index (χ1v) is 15.1. The third kappa shape index (κ3) is 5.28. The lowest BCUT2D eigenvalue weighted by Gasteiger charge is -2.49. The van der Waals surface area contributed by atoms with Crippen LogP contribution < -0.4 is 19.7 Å². The molecule has 2 saturated heterocycles. The van der Waals surface area contributed by atoms with Crippen LogP contribution in [0.15, 0.2) is 60.7 Å². The Morgan fingerprint density at radius 2 is 1.69 bits per heavy atom. The minimum absolute atomic E-state index is 0.0217. The van der Waals surface area contributed by atoms with Crippen molar-refractivity contribution in [3.63, 3.8) is 0 Å². The van der Waals surface area contributed by atoms with Gasteiger partial charge in [-0.2, -0.15) is 0 Å². The van der Waals surface area contributed by atoms with Gasteiger partial charge in [0.1, 0.15) is 0 Å². The highest BCUT2D eigenvalue weighted by Gasteiger charge is 2.48. The number of aliphatic hydroxyl groups is 1. The van der Waals surface area contributed by atoms with Crippen molar-refractivity contribution in [1.82, 2.24) is 5.32 Å². The number of fused-ring (bicyclic) bond motifs is 3. The number of piperidine rings is 1. The van der Waals surface area contributed by atoms with Crippen molar-refractivity contribution >= 4 is 23.2 Å². The number of nitrogens with zero attached hydrogens (tertiary/aromatic N) is 1. The molecule has 7 nitrogen and oxygen atoms in total. The summed E-state index contributed by atoms with van der Waals surface area (Å²) < 4.78 is 17.6. The molecule has 0 aromatic heterocycles. The van der Waals surface area contributed by atoms with Gasteiger partial charge in [0, 0.05) is 41.6 Å². The molecule has 3 heterocycles. The number of hydrogen-bond donors (Lipinski definition) is 2. The summed E-state index contributed by atoms with van der Waals surface area (Å²) in [5.41, 5.74) is 3.41. The second-order valence-corrected chi connectivity index (χ2v) is 12.6. The van der Waals surface area contributed by atoms with Crippen molar-refractivity contribution < 1.29 is 24.1 Å². The molecule has 2 fully saturated rings. The molecule has 3 aromatic carbocycles. The second-order valence-electron chi connectivity index (χ2n) is 12.2. The van der Waals surface area contributed by atoms with Gasteiger partial charge in [-0.05, 0) is 79.4 Å². The minimum atomic E-state index is -1.02. The molecule has 8 heteroatoms. The fourth-order valence-electron chi connectivity index (χ4n) is 7.19. The summed E-state index contributed by atoms with van der Waals surface area (Å²) in [5, 5.41) is 16.0. The Bertz CT molecular complexity index is 1420. The van der Waals surface area contributed by atoms with Gasteiger partial charge in [0.2, 0.25) is 5.91 Å². The van der Waals surface area contributed by atoms with E-state index < -0.39 is 11.6 Å². The van der Waals surface area contributed by atoms with Crippen LogP contribution >= 0.6 is 11.6 Å². The van der Waals surface area contributed by atoms with Crippen LogP contribution in [0.1, 0.15) is 49.1 Å². The largest absolute Gasteiger partial charge is 0.493 e. The van der Waals surface area contributed by atoms with Crippen LogP contribution in [-0.2, 0) is 21.6 Å². The zero-order valence-electron chi connectivity index (χ0n) is 24.6. The van der Waals surface area contributed by atoms with E-state index in [1.54, 1.807) is 7.11 Å². The highest BCUT2D eigenvalue weighted by molar-refractivity contribution is 6.30. The number of amides is 1. The fraction of sp³-hybridized carbons (Fsp3) is 0.441. The zero-order chi connectivity index (χ0) is 29.6. The van der Waals surface area contributed by atoms with Crippen molar-refractivity contribution in [3.8, 4) is 11.5 Å². The molecule has 2 bridgehead atoms. The number of ether oxygens (including phenoxy) is 3. The summed E-state index contributed by atoms with van der Waals surface area (Å²) >= 11 is 6.26. The van der Waals surface area contributed by atoms with Crippen molar-refractivity contribution in [1.29, 1.82) is 0 Å². The Hall–Kier alpha value is -3.10. The maximum atomic E-state index is 13.9. The van der Waals surface area contributed by atoms with Gasteiger partial charge in [0.25, 0.3) is 0 Å². The van der Waals surface area contributed by atoms with E-state index in [-0.39, 0.29) is 36.2 Å². The SMILES string of the molecule is COc1cc2c(cc1OC(C)C)[C@H](c1ccc(Cl)cc1)N(c1ccc(C(C)(O)C3C4CNCC3COC4)cc1)C(=O)C2. The van der Waals surface area contributed by atoms with Crippen molar-refractivity contribution in [2.75, 3.05) is 38.3 Å². The summed E-state index contributed by atoms with van der Waals surface area (Å²) in [7, 11) is 1.61.